The number of ether oxygens (including phenoxy) is 4. The number of hydrogen-bond donors (Lipinski definition) is 3. The van der Waals surface area contributed by atoms with Crippen LogP contribution in [-0.4, -0.2) is 65.6 Å². The van der Waals surface area contributed by atoms with Gasteiger partial charge in [-0.3, -0.25) is 4.79 Å². The van der Waals surface area contributed by atoms with Crippen LogP contribution in [0, 0.1) is 5.92 Å². The maximum atomic E-state index is 14.8. The zero-order valence-corrected chi connectivity index (χ0v) is 36.5. The van der Waals surface area contributed by atoms with Gasteiger partial charge in [-0.1, -0.05) is 91.0 Å². The van der Waals surface area contributed by atoms with Crippen LogP contribution in [-0.2, 0) is 36.6 Å². The van der Waals surface area contributed by atoms with Crippen molar-refractivity contribution in [3.63, 3.8) is 0 Å². The Morgan fingerprint density at radius 3 is 2.38 bits per heavy atom. The molecule has 3 aliphatic heterocycles. The molecule has 6 unspecified atom stereocenters. The highest BCUT2D eigenvalue weighted by molar-refractivity contribution is 5.90. The summed E-state index contributed by atoms with van der Waals surface area (Å²) in [5.41, 5.74) is 5.04. The Balaban J connectivity index is 1.21. The SMILES string of the molecule is CC(CO)=C1CCc2ccc(cc2)C2C=CC(c3cccc(Cc4ccccc4)c3)CC2CC(=O)OC2c3c(ccc4cc(C(CCO)COCO)c(=O)oc34)OC(C)(C)C2OC1=O. The van der Waals surface area contributed by atoms with Crippen molar-refractivity contribution in [2.45, 2.75) is 94.9 Å². The zero-order chi connectivity index (χ0) is 45.0. The molecule has 334 valence electrons. The first kappa shape index (κ1) is 44.7. The number of benzene rings is 4. The molecule has 6 atom stereocenters. The average Bonchev–Trinajstić information content (AvgIpc) is 3.29. The Hall–Kier alpha value is -5.85. The fourth-order valence-electron chi connectivity index (χ4n) is 9.63. The molecule has 5 aromatic rings. The van der Waals surface area contributed by atoms with Crippen LogP contribution in [0.15, 0.2) is 130 Å². The summed E-state index contributed by atoms with van der Waals surface area (Å²) in [6.07, 6.45) is 4.46. The van der Waals surface area contributed by atoms with Crippen molar-refractivity contribution in [2.24, 2.45) is 5.92 Å². The van der Waals surface area contributed by atoms with Crippen molar-refractivity contribution in [1.29, 1.82) is 0 Å². The maximum Gasteiger partial charge on any atom is 0.339 e. The third kappa shape index (κ3) is 9.63. The number of carbonyl (C=O) groups is 2. The average molecular weight is 869 g/mol. The van der Waals surface area contributed by atoms with Crippen LogP contribution >= 0.6 is 0 Å². The van der Waals surface area contributed by atoms with Gasteiger partial charge in [0.05, 0.1) is 18.8 Å². The first-order chi connectivity index (χ1) is 31.0. The van der Waals surface area contributed by atoms with E-state index in [1.54, 1.807) is 39.0 Å². The number of allylic oxidation sites excluding steroid dienone is 2. The summed E-state index contributed by atoms with van der Waals surface area (Å²) in [5, 5.41) is 29.9. The second-order valence-electron chi connectivity index (χ2n) is 17.8. The van der Waals surface area contributed by atoms with Crippen molar-refractivity contribution >= 4 is 22.9 Å². The van der Waals surface area contributed by atoms with Crippen molar-refractivity contribution in [2.75, 3.05) is 26.6 Å². The summed E-state index contributed by atoms with van der Waals surface area (Å²) in [6.45, 7) is 4.00. The third-order valence-electron chi connectivity index (χ3n) is 13.1. The number of rotatable bonds is 10. The summed E-state index contributed by atoms with van der Waals surface area (Å²) in [7, 11) is 0. The van der Waals surface area contributed by atoms with Gasteiger partial charge in [0.25, 0.3) is 0 Å². The molecule has 4 aromatic carbocycles. The number of aryl methyl sites for hydroxylation is 1. The van der Waals surface area contributed by atoms with Gasteiger partial charge in [-0.15, -0.1) is 0 Å². The molecular formula is C53H56O11. The summed E-state index contributed by atoms with van der Waals surface area (Å²) < 4.78 is 30.8. The number of aliphatic hydroxyl groups is 3. The molecule has 0 spiro atoms. The Morgan fingerprint density at radius 2 is 1.62 bits per heavy atom. The van der Waals surface area contributed by atoms with E-state index in [2.05, 4.69) is 72.8 Å². The quantitative estimate of drug-likeness (QED) is 0.0407. The molecule has 4 aliphatic rings. The van der Waals surface area contributed by atoms with Gasteiger partial charge >= 0.3 is 17.6 Å². The van der Waals surface area contributed by atoms with E-state index >= 15 is 0 Å². The minimum absolute atomic E-state index is 0.0295. The van der Waals surface area contributed by atoms with Gasteiger partial charge in [0.1, 0.15) is 23.7 Å². The molecule has 0 amide bonds. The number of aliphatic hydroxyl groups excluding tert-OH is 3. The van der Waals surface area contributed by atoms with Gasteiger partial charge in [-0.2, -0.15) is 0 Å². The molecule has 11 heteroatoms. The lowest BCUT2D eigenvalue weighted by Gasteiger charge is -2.43. The first-order valence-corrected chi connectivity index (χ1v) is 22.1. The van der Waals surface area contributed by atoms with E-state index in [9.17, 15) is 29.7 Å². The topological polar surface area (TPSA) is 162 Å². The van der Waals surface area contributed by atoms with Crippen molar-refractivity contribution in [3.8, 4) is 5.75 Å². The monoisotopic (exact) mass is 868 g/mol. The standard InChI is InChI=1S/C53H56O11/c1-32(29-55)42-19-14-33-12-15-36(16-13-33)43-20-17-38(37-11-7-10-35(25-37)24-34-8-5-4-6-9-34)26-41(43)28-46(57)61-49-47-45(64-53(2,3)50(49)63-51(42)58)21-18-39-27-44(52(59)62-48(39)47)40(22-23-54)30-60-31-56/h4-13,15-18,20-21,25,27,38,40-41,43,49-50,54-56H,14,19,22-24,26,28-31H2,1-3H3. The second-order valence-corrected chi connectivity index (χ2v) is 17.8. The lowest BCUT2D eigenvalue weighted by Crippen LogP contribution is -2.52. The van der Waals surface area contributed by atoms with E-state index in [0.717, 1.165) is 23.1 Å². The predicted molar refractivity (Wildman–Crippen MR) is 241 cm³/mol. The van der Waals surface area contributed by atoms with Crippen molar-refractivity contribution in [3.05, 3.63) is 170 Å². The molecule has 0 radical (unpaired) electrons. The van der Waals surface area contributed by atoms with E-state index in [-0.39, 0.29) is 73.5 Å². The van der Waals surface area contributed by atoms with Gasteiger partial charge in [-0.25, -0.2) is 9.59 Å². The van der Waals surface area contributed by atoms with Crippen LogP contribution in [0.3, 0.4) is 0 Å². The van der Waals surface area contributed by atoms with Crippen LogP contribution in [0.5, 0.6) is 5.75 Å². The van der Waals surface area contributed by atoms with Gasteiger partial charge < -0.3 is 38.7 Å². The molecule has 3 N–H and O–H groups in total. The largest absolute Gasteiger partial charge is 0.483 e. The first-order valence-electron chi connectivity index (χ1n) is 22.1. The molecular weight excluding hydrogens is 813 g/mol. The molecule has 1 aromatic heterocycles. The summed E-state index contributed by atoms with van der Waals surface area (Å²) in [5.74, 6) is -1.74. The van der Waals surface area contributed by atoms with Crippen LogP contribution < -0.4 is 10.4 Å². The molecule has 2 bridgehead atoms. The summed E-state index contributed by atoms with van der Waals surface area (Å²) >= 11 is 0. The minimum Gasteiger partial charge on any atom is -0.483 e. The summed E-state index contributed by atoms with van der Waals surface area (Å²) in [6, 6.07) is 32.4. The minimum atomic E-state index is -1.27. The van der Waals surface area contributed by atoms with Gasteiger partial charge in [-0.05, 0) is 110 Å². The Labute approximate surface area is 373 Å². The fraction of sp³-hybridized carbons (Fsp3) is 0.377. The molecule has 9 rings (SSSR count). The lowest BCUT2D eigenvalue weighted by molar-refractivity contribution is -0.188. The highest BCUT2D eigenvalue weighted by Gasteiger charge is 2.51. The predicted octanol–water partition coefficient (Wildman–Crippen LogP) is 8.27. The molecule has 11 nitrogen and oxygen atoms in total. The number of hydrogen-bond acceptors (Lipinski definition) is 11. The van der Waals surface area contributed by atoms with Gasteiger partial charge in [0, 0.05) is 47.3 Å². The maximum absolute atomic E-state index is 14.8. The van der Waals surface area contributed by atoms with E-state index in [1.165, 1.54) is 11.1 Å². The lowest BCUT2D eigenvalue weighted by atomic mass is 9.72. The number of carbonyl (C=O) groups excluding carboxylic acids is 2. The molecule has 1 aliphatic carbocycles. The Morgan fingerprint density at radius 1 is 0.844 bits per heavy atom. The van der Waals surface area contributed by atoms with Crippen molar-refractivity contribution in [1.82, 2.24) is 0 Å². The number of esters is 2. The van der Waals surface area contributed by atoms with Crippen molar-refractivity contribution < 1.29 is 48.3 Å². The van der Waals surface area contributed by atoms with E-state index in [0.29, 0.717) is 35.1 Å². The van der Waals surface area contributed by atoms with E-state index < -0.39 is 48.1 Å². The van der Waals surface area contributed by atoms with E-state index in [1.807, 2.05) is 18.2 Å². The highest BCUT2D eigenvalue weighted by atomic mass is 16.6. The smallest absolute Gasteiger partial charge is 0.339 e. The van der Waals surface area contributed by atoms with Crippen LogP contribution in [0.2, 0.25) is 0 Å². The summed E-state index contributed by atoms with van der Waals surface area (Å²) in [4.78, 5) is 42.9. The second kappa shape index (κ2) is 19.5. The van der Waals surface area contributed by atoms with E-state index in [4.69, 9.17) is 23.4 Å². The molecule has 0 saturated carbocycles. The molecule has 0 saturated heterocycles. The van der Waals surface area contributed by atoms with Gasteiger partial charge in [0.2, 0.25) is 0 Å². The highest BCUT2D eigenvalue weighted by Crippen LogP contribution is 2.48. The zero-order valence-electron chi connectivity index (χ0n) is 36.5. The Bertz CT molecular complexity index is 2590. The van der Waals surface area contributed by atoms with Crippen LogP contribution in [0.25, 0.3) is 11.0 Å². The number of fused-ring (bicyclic) bond motifs is 11. The Kier molecular flexibility index (Phi) is 13.6. The fourth-order valence-corrected chi connectivity index (χ4v) is 9.63. The molecule has 4 heterocycles. The van der Waals surface area contributed by atoms with Gasteiger partial charge in [0.15, 0.2) is 12.2 Å². The van der Waals surface area contributed by atoms with Crippen LogP contribution in [0.1, 0.15) is 109 Å². The third-order valence-corrected chi connectivity index (χ3v) is 13.1. The molecule has 0 fully saturated rings. The van der Waals surface area contributed by atoms with Crippen LogP contribution in [0.4, 0.5) is 0 Å². The molecule has 64 heavy (non-hydrogen) atoms. The normalized spacial score (nSPS) is 23.2.